The highest BCUT2D eigenvalue weighted by Gasteiger charge is 2.12. The highest BCUT2D eigenvalue weighted by Crippen LogP contribution is 2.22. The largest absolute Gasteiger partial charge is 0.489 e. The fourth-order valence-electron chi connectivity index (χ4n) is 4.51. The van der Waals surface area contributed by atoms with Crippen LogP contribution in [0.1, 0.15) is 17.0 Å². The monoisotopic (exact) mass is 518 g/mol. The predicted octanol–water partition coefficient (Wildman–Crippen LogP) is 3.42. The zero-order valence-electron chi connectivity index (χ0n) is 21.3. The van der Waals surface area contributed by atoms with Crippen molar-refractivity contribution in [2.24, 2.45) is 0 Å². The van der Waals surface area contributed by atoms with E-state index in [1.807, 2.05) is 48.5 Å². The molecule has 1 fully saturated rings. The van der Waals surface area contributed by atoms with Gasteiger partial charge in [-0.05, 0) is 35.9 Å². The quantitative estimate of drug-likeness (QED) is 0.305. The second-order valence-corrected chi connectivity index (χ2v) is 9.22. The van der Waals surface area contributed by atoms with Crippen LogP contribution in [-0.4, -0.2) is 74.1 Å². The Morgan fingerprint density at radius 1 is 0.923 bits per heavy atom. The van der Waals surface area contributed by atoms with Gasteiger partial charge in [0.2, 0.25) is 0 Å². The Labute approximate surface area is 225 Å². The van der Waals surface area contributed by atoms with Crippen molar-refractivity contribution in [2.75, 3.05) is 39.5 Å². The van der Waals surface area contributed by atoms with Gasteiger partial charge in [0.25, 0.3) is 0 Å². The fourth-order valence-corrected chi connectivity index (χ4v) is 4.51. The molecule has 1 aliphatic rings. The molecule has 0 aliphatic carbocycles. The summed E-state index contributed by atoms with van der Waals surface area (Å²) in [6.07, 6.45) is 3.96. The first-order chi connectivity index (χ1) is 19.2. The molecule has 39 heavy (non-hydrogen) atoms. The highest BCUT2D eigenvalue weighted by atomic mass is 16.5. The molecule has 0 unspecified atom stereocenters. The van der Waals surface area contributed by atoms with Crippen molar-refractivity contribution in [3.8, 4) is 34.5 Å². The summed E-state index contributed by atoms with van der Waals surface area (Å²) in [5.74, 6) is 1.99. The lowest BCUT2D eigenvalue weighted by atomic mass is 10.1. The van der Waals surface area contributed by atoms with Crippen LogP contribution in [0.25, 0.3) is 28.3 Å². The molecule has 5 aromatic rings. The molecular formula is C29H26N8O2. The standard InChI is InChI=1S/C29H26N8O2/c30-18-22-4-2-5-23(16-22)26-7-8-27-33-34-28(37(27)35-26)17-21-3-1-6-24(15-21)29-31-19-25(20-32-29)39-14-11-36-9-12-38-13-10-36/h1-8,15-16,19-20H,9-14,17H2. The summed E-state index contributed by atoms with van der Waals surface area (Å²) in [5, 5.41) is 22.6. The molecule has 1 aliphatic heterocycles. The van der Waals surface area contributed by atoms with E-state index in [9.17, 15) is 5.26 Å². The fraction of sp³-hybridized carbons (Fsp3) is 0.241. The minimum atomic E-state index is 0.534. The molecule has 0 spiro atoms. The summed E-state index contributed by atoms with van der Waals surface area (Å²) < 4.78 is 13.0. The number of morpholine rings is 1. The van der Waals surface area contributed by atoms with Gasteiger partial charge in [-0.25, -0.2) is 9.97 Å². The minimum Gasteiger partial charge on any atom is -0.489 e. The molecule has 2 aromatic carbocycles. The molecule has 0 saturated carbocycles. The second kappa shape index (κ2) is 11.3. The van der Waals surface area contributed by atoms with Crippen LogP contribution in [-0.2, 0) is 11.2 Å². The van der Waals surface area contributed by atoms with Gasteiger partial charge in [0.15, 0.2) is 23.0 Å². The van der Waals surface area contributed by atoms with Gasteiger partial charge in [-0.3, -0.25) is 4.90 Å². The zero-order chi connectivity index (χ0) is 26.4. The van der Waals surface area contributed by atoms with Gasteiger partial charge < -0.3 is 9.47 Å². The molecule has 0 amide bonds. The van der Waals surface area contributed by atoms with Gasteiger partial charge >= 0.3 is 0 Å². The van der Waals surface area contributed by atoms with Gasteiger partial charge in [0, 0.05) is 37.2 Å². The van der Waals surface area contributed by atoms with E-state index in [0.29, 0.717) is 41.6 Å². The van der Waals surface area contributed by atoms with Crippen molar-refractivity contribution in [1.82, 2.24) is 34.7 Å². The third-order valence-electron chi connectivity index (χ3n) is 6.57. The van der Waals surface area contributed by atoms with Crippen molar-refractivity contribution < 1.29 is 9.47 Å². The van der Waals surface area contributed by atoms with E-state index in [1.165, 1.54) is 0 Å². The van der Waals surface area contributed by atoms with Crippen LogP contribution in [0.2, 0.25) is 0 Å². The van der Waals surface area contributed by atoms with Gasteiger partial charge in [0.05, 0.1) is 42.9 Å². The van der Waals surface area contributed by atoms with Crippen molar-refractivity contribution in [1.29, 1.82) is 5.26 Å². The van der Waals surface area contributed by atoms with Gasteiger partial charge in [-0.1, -0.05) is 30.3 Å². The number of aromatic nitrogens is 6. The molecule has 0 bridgehead atoms. The van der Waals surface area contributed by atoms with E-state index in [-0.39, 0.29) is 0 Å². The topological polar surface area (TPSA) is 114 Å². The minimum absolute atomic E-state index is 0.534. The van der Waals surface area contributed by atoms with Crippen molar-refractivity contribution in [3.05, 3.63) is 90.0 Å². The first kappa shape index (κ1) is 24.6. The number of ether oxygens (including phenoxy) is 2. The van der Waals surface area contributed by atoms with E-state index in [4.69, 9.17) is 14.6 Å². The summed E-state index contributed by atoms with van der Waals surface area (Å²) in [5.41, 5.74) is 4.80. The Bertz CT molecular complexity index is 1620. The zero-order valence-corrected chi connectivity index (χ0v) is 21.3. The van der Waals surface area contributed by atoms with Crippen LogP contribution in [0.5, 0.6) is 5.75 Å². The van der Waals surface area contributed by atoms with Crippen LogP contribution < -0.4 is 4.74 Å². The predicted molar refractivity (Wildman–Crippen MR) is 144 cm³/mol. The van der Waals surface area contributed by atoms with Crippen LogP contribution in [0, 0.1) is 11.3 Å². The van der Waals surface area contributed by atoms with E-state index >= 15 is 0 Å². The Hall–Kier alpha value is -4.72. The lowest BCUT2D eigenvalue weighted by molar-refractivity contribution is 0.0322. The van der Waals surface area contributed by atoms with Crippen molar-refractivity contribution in [2.45, 2.75) is 6.42 Å². The third-order valence-corrected chi connectivity index (χ3v) is 6.57. The molecule has 1 saturated heterocycles. The average Bonchev–Trinajstić information content (AvgIpc) is 3.40. The Kier molecular flexibility index (Phi) is 7.16. The summed E-state index contributed by atoms with van der Waals surface area (Å²) in [4.78, 5) is 11.4. The second-order valence-electron chi connectivity index (χ2n) is 9.22. The highest BCUT2D eigenvalue weighted by molar-refractivity contribution is 5.62. The van der Waals surface area contributed by atoms with E-state index in [2.05, 4.69) is 37.2 Å². The van der Waals surface area contributed by atoms with Gasteiger partial charge in [-0.2, -0.15) is 14.9 Å². The van der Waals surface area contributed by atoms with Gasteiger partial charge in [0.1, 0.15) is 6.61 Å². The van der Waals surface area contributed by atoms with Crippen molar-refractivity contribution >= 4 is 5.65 Å². The molecule has 0 radical (unpaired) electrons. The maximum atomic E-state index is 9.24. The molecule has 6 rings (SSSR count). The van der Waals surface area contributed by atoms with E-state index in [1.54, 1.807) is 23.0 Å². The summed E-state index contributed by atoms with van der Waals surface area (Å²) in [6, 6.07) is 21.4. The summed E-state index contributed by atoms with van der Waals surface area (Å²) in [7, 11) is 0. The number of nitriles is 1. The number of fused-ring (bicyclic) bond motifs is 1. The SMILES string of the molecule is N#Cc1cccc(-c2ccc3nnc(Cc4cccc(-c5ncc(OCCN6CCOCC6)cn5)c4)n3n2)c1. The lowest BCUT2D eigenvalue weighted by Gasteiger charge is -2.26. The van der Waals surface area contributed by atoms with E-state index < -0.39 is 0 Å². The molecule has 4 heterocycles. The Morgan fingerprint density at radius 3 is 2.59 bits per heavy atom. The summed E-state index contributed by atoms with van der Waals surface area (Å²) in [6.45, 7) is 4.87. The maximum absolute atomic E-state index is 9.24. The first-order valence-corrected chi connectivity index (χ1v) is 12.8. The average molecular weight is 519 g/mol. The first-order valence-electron chi connectivity index (χ1n) is 12.8. The molecule has 0 N–H and O–H groups in total. The Balaban J connectivity index is 1.15. The molecule has 10 heteroatoms. The van der Waals surface area contributed by atoms with Crippen LogP contribution in [0.3, 0.4) is 0 Å². The molecular weight excluding hydrogens is 492 g/mol. The van der Waals surface area contributed by atoms with Gasteiger partial charge in [-0.15, -0.1) is 10.2 Å². The maximum Gasteiger partial charge on any atom is 0.177 e. The van der Waals surface area contributed by atoms with E-state index in [0.717, 1.165) is 55.2 Å². The van der Waals surface area contributed by atoms with Crippen LogP contribution >= 0.6 is 0 Å². The number of nitrogens with zero attached hydrogens (tertiary/aromatic N) is 8. The third kappa shape index (κ3) is 5.75. The molecule has 194 valence electrons. The number of hydrogen-bond acceptors (Lipinski definition) is 9. The lowest BCUT2D eigenvalue weighted by Crippen LogP contribution is -2.38. The van der Waals surface area contributed by atoms with Crippen molar-refractivity contribution in [3.63, 3.8) is 0 Å². The van der Waals surface area contributed by atoms with Crippen LogP contribution in [0.4, 0.5) is 0 Å². The smallest absolute Gasteiger partial charge is 0.177 e. The summed E-state index contributed by atoms with van der Waals surface area (Å²) >= 11 is 0. The Morgan fingerprint density at radius 2 is 1.74 bits per heavy atom. The molecule has 3 aromatic heterocycles. The normalized spacial score (nSPS) is 13.8. The van der Waals surface area contributed by atoms with Crippen LogP contribution in [0.15, 0.2) is 73.1 Å². The number of benzene rings is 2. The molecule has 10 nitrogen and oxygen atoms in total. The number of hydrogen-bond donors (Lipinski definition) is 0. The molecule has 0 atom stereocenters. The number of rotatable bonds is 8.